The summed E-state index contributed by atoms with van der Waals surface area (Å²) in [5.74, 6) is -0.571. The average Bonchev–Trinajstić information content (AvgIpc) is 2.33. The van der Waals surface area contributed by atoms with Crippen LogP contribution in [-0.4, -0.2) is 28.0 Å². The molecule has 0 aromatic heterocycles. The Morgan fingerprint density at radius 2 is 1.89 bits per heavy atom. The number of amides is 1. The normalized spacial score (nSPS) is 10.3. The molecule has 0 aliphatic rings. The lowest BCUT2D eigenvalue weighted by atomic mass is 10.1. The Hall–Kier alpha value is -1.23. The van der Waals surface area contributed by atoms with Crippen LogP contribution in [0.3, 0.4) is 0 Å². The van der Waals surface area contributed by atoms with Gasteiger partial charge >= 0.3 is 0 Å². The zero-order chi connectivity index (χ0) is 13.4. The second kappa shape index (κ2) is 7.97. The summed E-state index contributed by atoms with van der Waals surface area (Å²) in [7, 11) is 0. The lowest BCUT2D eigenvalue weighted by Crippen LogP contribution is -2.24. The molecule has 0 spiro atoms. The highest BCUT2D eigenvalue weighted by Crippen LogP contribution is 2.22. The summed E-state index contributed by atoms with van der Waals surface area (Å²) in [5, 5.41) is 22.4. The molecule has 0 heterocycles. The number of phenolic OH excluding ortho intramolecular Hbond substituents is 2. The predicted molar refractivity (Wildman–Crippen MR) is 74.4 cm³/mol. The molecule has 0 unspecified atom stereocenters. The first-order valence-corrected chi connectivity index (χ1v) is 7.13. The maximum atomic E-state index is 11.7. The third-order valence-electron chi connectivity index (χ3n) is 2.57. The first-order valence-electron chi connectivity index (χ1n) is 6.01. The van der Waals surface area contributed by atoms with E-state index in [2.05, 4.69) is 21.2 Å². The van der Waals surface area contributed by atoms with Crippen molar-refractivity contribution in [2.75, 3.05) is 11.9 Å². The summed E-state index contributed by atoms with van der Waals surface area (Å²) < 4.78 is 0. The van der Waals surface area contributed by atoms with Crippen LogP contribution in [0.15, 0.2) is 18.2 Å². The Labute approximate surface area is 115 Å². The number of carbonyl (C=O) groups excluding carboxylic acids is 1. The lowest BCUT2D eigenvalue weighted by molar-refractivity contribution is 0.0950. The van der Waals surface area contributed by atoms with Crippen molar-refractivity contribution < 1.29 is 15.0 Å². The summed E-state index contributed by atoms with van der Waals surface area (Å²) in [4.78, 5) is 11.7. The molecule has 5 heteroatoms. The number of benzene rings is 1. The fraction of sp³-hybridized carbons (Fsp3) is 0.462. The van der Waals surface area contributed by atoms with Gasteiger partial charge in [-0.3, -0.25) is 4.79 Å². The Kier molecular flexibility index (Phi) is 6.57. The van der Waals surface area contributed by atoms with Gasteiger partial charge in [-0.2, -0.15) is 0 Å². The molecule has 0 fully saturated rings. The summed E-state index contributed by atoms with van der Waals surface area (Å²) >= 11 is 3.37. The van der Waals surface area contributed by atoms with E-state index in [4.69, 9.17) is 5.11 Å². The zero-order valence-electron chi connectivity index (χ0n) is 10.2. The molecule has 1 amide bonds. The molecule has 1 aromatic rings. The van der Waals surface area contributed by atoms with Crippen LogP contribution in [0.1, 0.15) is 36.0 Å². The lowest BCUT2D eigenvalue weighted by Gasteiger charge is -2.07. The van der Waals surface area contributed by atoms with Gasteiger partial charge in [0.1, 0.15) is 11.5 Å². The van der Waals surface area contributed by atoms with Crippen molar-refractivity contribution in [3.8, 4) is 11.5 Å². The number of hydrogen-bond acceptors (Lipinski definition) is 3. The van der Waals surface area contributed by atoms with Gasteiger partial charge in [0, 0.05) is 17.9 Å². The summed E-state index contributed by atoms with van der Waals surface area (Å²) in [6.07, 6.45) is 4.29. The van der Waals surface area contributed by atoms with Crippen molar-refractivity contribution >= 4 is 21.8 Å². The third kappa shape index (κ3) is 4.96. The molecule has 1 aromatic carbocycles. The van der Waals surface area contributed by atoms with Crippen molar-refractivity contribution in [3.63, 3.8) is 0 Å². The molecule has 0 aliphatic heterocycles. The Bertz CT molecular complexity index is 396. The third-order valence-corrected chi connectivity index (χ3v) is 3.13. The number of rotatable bonds is 7. The van der Waals surface area contributed by atoms with Gasteiger partial charge in [0.25, 0.3) is 5.91 Å². The maximum absolute atomic E-state index is 11.7. The number of phenols is 2. The van der Waals surface area contributed by atoms with Gasteiger partial charge < -0.3 is 15.5 Å². The second-order valence-corrected chi connectivity index (χ2v) is 4.85. The van der Waals surface area contributed by atoms with E-state index in [0.717, 1.165) is 37.1 Å². The number of alkyl halides is 1. The van der Waals surface area contributed by atoms with Gasteiger partial charge in [-0.25, -0.2) is 0 Å². The Morgan fingerprint density at radius 1 is 1.17 bits per heavy atom. The second-order valence-electron chi connectivity index (χ2n) is 4.06. The topological polar surface area (TPSA) is 69.6 Å². The van der Waals surface area contributed by atoms with Crippen LogP contribution in [0, 0.1) is 0 Å². The molecule has 1 rings (SSSR count). The van der Waals surface area contributed by atoms with E-state index in [1.165, 1.54) is 12.1 Å². The van der Waals surface area contributed by atoms with Crippen molar-refractivity contribution in [3.05, 3.63) is 23.8 Å². The summed E-state index contributed by atoms with van der Waals surface area (Å²) in [6.45, 7) is 0.599. The maximum Gasteiger partial charge on any atom is 0.255 e. The minimum absolute atomic E-state index is 0.0566. The van der Waals surface area contributed by atoms with E-state index in [1.54, 1.807) is 0 Å². The fourth-order valence-corrected chi connectivity index (χ4v) is 1.98. The van der Waals surface area contributed by atoms with Crippen molar-refractivity contribution in [1.29, 1.82) is 0 Å². The number of unbranched alkanes of at least 4 members (excludes halogenated alkanes) is 3. The molecule has 0 saturated carbocycles. The van der Waals surface area contributed by atoms with Gasteiger partial charge in [0.05, 0.1) is 5.56 Å². The van der Waals surface area contributed by atoms with Gasteiger partial charge in [-0.15, -0.1) is 0 Å². The molecule has 0 saturated heterocycles. The standard InChI is InChI=1S/C13H18BrNO3/c14-7-3-1-2-4-8-15-13(18)11-6-5-10(16)9-12(11)17/h5-6,9,16-17H,1-4,7-8H2,(H,15,18). The van der Waals surface area contributed by atoms with E-state index >= 15 is 0 Å². The monoisotopic (exact) mass is 315 g/mol. The Balaban J connectivity index is 2.32. The Morgan fingerprint density at radius 3 is 2.56 bits per heavy atom. The first-order chi connectivity index (χ1) is 8.65. The molecular formula is C13H18BrNO3. The van der Waals surface area contributed by atoms with E-state index in [1.807, 2.05) is 0 Å². The molecule has 0 atom stereocenters. The fourth-order valence-electron chi connectivity index (χ4n) is 1.58. The van der Waals surface area contributed by atoms with Crippen molar-refractivity contribution in [1.82, 2.24) is 5.32 Å². The molecule has 0 radical (unpaired) electrons. The molecule has 0 bridgehead atoms. The number of aromatic hydroxyl groups is 2. The van der Waals surface area contributed by atoms with Crippen molar-refractivity contribution in [2.24, 2.45) is 0 Å². The van der Waals surface area contributed by atoms with Crippen LogP contribution in [0.4, 0.5) is 0 Å². The highest BCUT2D eigenvalue weighted by Gasteiger charge is 2.10. The van der Waals surface area contributed by atoms with Crippen LogP contribution in [0.5, 0.6) is 11.5 Å². The number of carbonyl (C=O) groups is 1. The minimum atomic E-state index is -0.312. The van der Waals surface area contributed by atoms with E-state index in [0.29, 0.717) is 6.54 Å². The van der Waals surface area contributed by atoms with Gasteiger partial charge in [-0.05, 0) is 25.0 Å². The summed E-state index contributed by atoms with van der Waals surface area (Å²) in [5.41, 5.74) is 0.188. The van der Waals surface area contributed by atoms with Crippen LogP contribution >= 0.6 is 15.9 Å². The quantitative estimate of drug-likeness (QED) is 0.535. The molecule has 100 valence electrons. The smallest absolute Gasteiger partial charge is 0.255 e. The van der Waals surface area contributed by atoms with Gasteiger partial charge in [0.15, 0.2) is 0 Å². The number of hydrogen-bond donors (Lipinski definition) is 3. The SMILES string of the molecule is O=C(NCCCCCCBr)c1ccc(O)cc1O. The van der Waals surface area contributed by atoms with Crippen LogP contribution in [0.25, 0.3) is 0 Å². The number of nitrogens with one attached hydrogen (secondary N) is 1. The van der Waals surface area contributed by atoms with Crippen LogP contribution in [0.2, 0.25) is 0 Å². The molecule has 18 heavy (non-hydrogen) atoms. The van der Waals surface area contributed by atoms with Crippen molar-refractivity contribution in [2.45, 2.75) is 25.7 Å². The first kappa shape index (κ1) is 14.8. The zero-order valence-corrected chi connectivity index (χ0v) is 11.7. The van der Waals surface area contributed by atoms with Crippen LogP contribution in [-0.2, 0) is 0 Å². The summed E-state index contributed by atoms with van der Waals surface area (Å²) in [6, 6.07) is 3.94. The highest BCUT2D eigenvalue weighted by molar-refractivity contribution is 9.09. The highest BCUT2D eigenvalue weighted by atomic mass is 79.9. The molecule has 4 nitrogen and oxygen atoms in total. The molecule has 0 aliphatic carbocycles. The van der Waals surface area contributed by atoms with E-state index in [9.17, 15) is 9.90 Å². The van der Waals surface area contributed by atoms with Crippen LogP contribution < -0.4 is 5.32 Å². The minimum Gasteiger partial charge on any atom is -0.508 e. The predicted octanol–water partition coefficient (Wildman–Crippen LogP) is 2.78. The molecular weight excluding hydrogens is 298 g/mol. The average molecular weight is 316 g/mol. The number of halogens is 1. The largest absolute Gasteiger partial charge is 0.508 e. The van der Waals surface area contributed by atoms with Gasteiger partial charge in [0.2, 0.25) is 0 Å². The van der Waals surface area contributed by atoms with Gasteiger partial charge in [-0.1, -0.05) is 28.8 Å². The van der Waals surface area contributed by atoms with E-state index < -0.39 is 0 Å². The van der Waals surface area contributed by atoms with E-state index in [-0.39, 0.29) is 23.0 Å². The molecule has 3 N–H and O–H groups in total.